The summed E-state index contributed by atoms with van der Waals surface area (Å²) in [5.41, 5.74) is 2.77. The molecule has 4 aromatic rings. The van der Waals surface area contributed by atoms with Crippen molar-refractivity contribution in [3.63, 3.8) is 0 Å². The van der Waals surface area contributed by atoms with Gasteiger partial charge in [0, 0.05) is 17.0 Å². The Bertz CT molecular complexity index is 1490. The zero-order valence-corrected chi connectivity index (χ0v) is 23.5. The predicted octanol–water partition coefficient (Wildman–Crippen LogP) is 4.61. The fourth-order valence-corrected chi connectivity index (χ4v) is 5.94. The number of benzene rings is 2. The number of aromatic nitrogens is 6. The molecule has 1 N–H and O–H groups in total. The lowest BCUT2D eigenvalue weighted by Gasteiger charge is -2.29. The van der Waals surface area contributed by atoms with Gasteiger partial charge in [-0.15, -0.1) is 10.2 Å². The number of thioether (sulfide) groups is 1. The number of esters is 1. The summed E-state index contributed by atoms with van der Waals surface area (Å²) in [4.78, 5) is 13.4. The predicted molar refractivity (Wildman–Crippen MR) is 148 cm³/mol. The number of rotatable bonds is 10. The Morgan fingerprint density at radius 2 is 1.95 bits per heavy atom. The highest BCUT2D eigenvalue weighted by Crippen LogP contribution is 2.40. The summed E-state index contributed by atoms with van der Waals surface area (Å²) in [6.07, 6.45) is -0.0314. The van der Waals surface area contributed by atoms with E-state index >= 15 is 0 Å². The number of nitrogens with one attached hydrogen (secondary N) is 1. The van der Waals surface area contributed by atoms with Gasteiger partial charge in [-0.3, -0.25) is 0 Å². The number of tetrazole rings is 1. The molecule has 1 aliphatic rings. The zero-order chi connectivity index (χ0) is 27.4. The number of ether oxygens (including phenoxy) is 3. The molecular weight excluding hydrogens is 538 g/mol. The third-order valence-corrected chi connectivity index (χ3v) is 7.86. The van der Waals surface area contributed by atoms with Crippen LogP contribution in [-0.4, -0.2) is 61.9 Å². The normalized spacial score (nSPS) is 14.6. The first-order chi connectivity index (χ1) is 19.0. The van der Waals surface area contributed by atoms with Crippen molar-refractivity contribution in [1.29, 1.82) is 0 Å². The molecule has 1 unspecified atom stereocenters. The van der Waals surface area contributed by atoms with Gasteiger partial charge >= 0.3 is 5.97 Å². The number of fused-ring (bicyclic) bond motifs is 1. The Morgan fingerprint density at radius 1 is 1.13 bits per heavy atom. The Kier molecular flexibility index (Phi) is 8.07. The van der Waals surface area contributed by atoms with Gasteiger partial charge in [0.2, 0.25) is 5.95 Å². The molecule has 0 spiro atoms. The van der Waals surface area contributed by atoms with Crippen LogP contribution in [0.5, 0.6) is 11.5 Å². The number of methoxy groups -OCH3 is 1. The fourth-order valence-electron chi connectivity index (χ4n) is 4.11. The van der Waals surface area contributed by atoms with E-state index < -0.39 is 12.0 Å². The molecular formula is C26H27N7O4S2. The van der Waals surface area contributed by atoms with Crippen molar-refractivity contribution < 1.29 is 19.0 Å². The van der Waals surface area contributed by atoms with Crippen molar-refractivity contribution in [3.05, 3.63) is 65.4 Å². The molecule has 39 heavy (non-hydrogen) atoms. The van der Waals surface area contributed by atoms with E-state index in [1.807, 2.05) is 62.4 Å². The molecule has 2 aromatic heterocycles. The number of hydrogen-bond donors (Lipinski definition) is 1. The monoisotopic (exact) mass is 565 g/mol. The summed E-state index contributed by atoms with van der Waals surface area (Å²) in [7, 11) is 1.58. The molecule has 0 amide bonds. The van der Waals surface area contributed by atoms with Crippen molar-refractivity contribution in [2.45, 2.75) is 37.3 Å². The number of carbonyl (C=O) groups is 1. The molecule has 13 heteroatoms. The molecule has 1 atom stereocenters. The Hall–Kier alpha value is -3.97. The second-order valence-corrected chi connectivity index (χ2v) is 10.9. The van der Waals surface area contributed by atoms with E-state index in [2.05, 4.69) is 31.0 Å². The minimum Gasteiger partial charge on any atom is -0.493 e. The summed E-state index contributed by atoms with van der Waals surface area (Å²) in [6, 6.07) is 14.8. The topological polar surface area (TPSA) is 126 Å². The lowest BCUT2D eigenvalue weighted by molar-refractivity contribution is -0.139. The van der Waals surface area contributed by atoms with E-state index in [1.165, 1.54) is 23.1 Å². The first kappa shape index (κ1) is 26.6. The fraction of sp³-hybridized carbons (Fsp3) is 0.308. The van der Waals surface area contributed by atoms with E-state index in [0.717, 1.165) is 20.5 Å². The van der Waals surface area contributed by atoms with Gasteiger partial charge in [-0.2, -0.15) is 4.68 Å². The minimum absolute atomic E-state index is 0.0314. The zero-order valence-electron chi connectivity index (χ0n) is 21.8. The van der Waals surface area contributed by atoms with Gasteiger partial charge in [-0.1, -0.05) is 64.6 Å². The second kappa shape index (κ2) is 11.8. The Labute approximate surface area is 233 Å². The van der Waals surface area contributed by atoms with Gasteiger partial charge in [0.1, 0.15) is 11.0 Å². The highest BCUT2D eigenvalue weighted by atomic mass is 32.2. The maximum Gasteiger partial charge on any atom is 0.338 e. The number of nitrogens with zero attached hydrogens (tertiary/aromatic N) is 6. The Morgan fingerprint density at radius 3 is 2.69 bits per heavy atom. The molecule has 0 fully saturated rings. The van der Waals surface area contributed by atoms with Gasteiger partial charge in [0.05, 0.1) is 25.4 Å². The smallest absolute Gasteiger partial charge is 0.338 e. The van der Waals surface area contributed by atoms with Crippen LogP contribution in [0.4, 0.5) is 5.95 Å². The number of carbonyl (C=O) groups excluding carboxylic acids is 1. The lowest BCUT2D eigenvalue weighted by atomic mass is 9.95. The standard InChI is InChI=1S/C26H27N7O4S2/c1-5-36-24(34)21-18(14-38-26-30-28-23(39-26)16-9-7-6-8-10-16)27-25-29-31-32-33(25)22(21)17-11-12-19(37-15(2)3)20(13-17)35-4/h6-13,15,22H,5,14H2,1-4H3,(H,27,29,32). The molecule has 11 nitrogen and oxygen atoms in total. The van der Waals surface area contributed by atoms with Crippen LogP contribution in [0.25, 0.3) is 10.6 Å². The summed E-state index contributed by atoms with van der Waals surface area (Å²) < 4.78 is 19.3. The van der Waals surface area contributed by atoms with Crippen molar-refractivity contribution in [3.8, 4) is 22.1 Å². The summed E-state index contributed by atoms with van der Waals surface area (Å²) >= 11 is 2.96. The maximum absolute atomic E-state index is 13.4. The van der Waals surface area contributed by atoms with E-state index in [-0.39, 0.29) is 12.7 Å². The molecule has 0 bridgehead atoms. The van der Waals surface area contributed by atoms with Gasteiger partial charge in [-0.25, -0.2) is 4.79 Å². The maximum atomic E-state index is 13.4. The van der Waals surface area contributed by atoms with Gasteiger partial charge in [-0.05, 0) is 48.9 Å². The molecule has 3 heterocycles. The van der Waals surface area contributed by atoms with Crippen LogP contribution in [0, 0.1) is 0 Å². The lowest BCUT2D eigenvalue weighted by Crippen LogP contribution is -2.31. The van der Waals surface area contributed by atoms with Crippen molar-refractivity contribution in [2.75, 3.05) is 24.8 Å². The second-order valence-electron chi connectivity index (χ2n) is 8.69. The largest absolute Gasteiger partial charge is 0.493 e. The first-order valence-corrected chi connectivity index (χ1v) is 14.1. The van der Waals surface area contributed by atoms with E-state index in [1.54, 1.807) is 18.7 Å². The highest BCUT2D eigenvalue weighted by Gasteiger charge is 2.37. The molecule has 0 radical (unpaired) electrons. The van der Waals surface area contributed by atoms with E-state index in [0.29, 0.717) is 34.5 Å². The van der Waals surface area contributed by atoms with E-state index in [4.69, 9.17) is 14.2 Å². The van der Waals surface area contributed by atoms with Crippen LogP contribution < -0.4 is 14.8 Å². The summed E-state index contributed by atoms with van der Waals surface area (Å²) in [6.45, 7) is 5.88. The summed E-state index contributed by atoms with van der Waals surface area (Å²) in [5, 5.41) is 24.9. The molecule has 1 aliphatic heterocycles. The molecule has 5 rings (SSSR count). The van der Waals surface area contributed by atoms with Crippen LogP contribution in [0.1, 0.15) is 32.4 Å². The van der Waals surface area contributed by atoms with Crippen LogP contribution in [-0.2, 0) is 9.53 Å². The quantitative estimate of drug-likeness (QED) is 0.214. The summed E-state index contributed by atoms with van der Waals surface area (Å²) in [5.74, 6) is 1.48. The average molecular weight is 566 g/mol. The van der Waals surface area contributed by atoms with Crippen LogP contribution >= 0.6 is 23.1 Å². The average Bonchev–Trinajstić information content (AvgIpc) is 3.61. The van der Waals surface area contributed by atoms with Gasteiger partial charge < -0.3 is 19.5 Å². The number of hydrogen-bond acceptors (Lipinski definition) is 12. The highest BCUT2D eigenvalue weighted by molar-refractivity contribution is 8.01. The molecule has 0 aliphatic carbocycles. The van der Waals surface area contributed by atoms with Crippen LogP contribution in [0.15, 0.2) is 64.1 Å². The molecule has 0 saturated heterocycles. The third-order valence-electron chi connectivity index (χ3n) is 5.73. The van der Waals surface area contributed by atoms with Crippen molar-refractivity contribution >= 4 is 35.0 Å². The van der Waals surface area contributed by atoms with Crippen LogP contribution in [0.2, 0.25) is 0 Å². The molecule has 0 saturated carbocycles. The van der Waals surface area contributed by atoms with Crippen molar-refractivity contribution in [1.82, 2.24) is 30.4 Å². The third kappa shape index (κ3) is 5.73. The van der Waals surface area contributed by atoms with Crippen LogP contribution in [0.3, 0.4) is 0 Å². The molecule has 202 valence electrons. The first-order valence-electron chi connectivity index (χ1n) is 12.3. The van der Waals surface area contributed by atoms with E-state index in [9.17, 15) is 4.79 Å². The number of anilines is 1. The van der Waals surface area contributed by atoms with Gasteiger partial charge in [0.25, 0.3) is 0 Å². The minimum atomic E-state index is -0.651. The SMILES string of the molecule is CCOC(=O)C1=C(CSc2nnc(-c3ccccc3)s2)Nc2nnnn2C1c1ccc(OC(C)C)c(OC)c1. The van der Waals surface area contributed by atoms with Gasteiger partial charge in [0.15, 0.2) is 15.8 Å². The Balaban J connectivity index is 1.51. The van der Waals surface area contributed by atoms with Crippen molar-refractivity contribution in [2.24, 2.45) is 0 Å². The molecule has 2 aromatic carbocycles.